The largest absolute Gasteiger partial charge is 0.352 e. The SMILES string of the molecule is O=C(CCN1CCCCCC1=O)N[C@@H]1CCCN(CCc2ccccc2)C1. The Morgan fingerprint density at radius 2 is 1.89 bits per heavy atom. The van der Waals surface area contributed by atoms with Crippen LogP contribution in [0.4, 0.5) is 0 Å². The van der Waals surface area contributed by atoms with Crippen LogP contribution in [0.15, 0.2) is 30.3 Å². The molecule has 0 aromatic heterocycles. The van der Waals surface area contributed by atoms with Crippen molar-refractivity contribution in [1.82, 2.24) is 15.1 Å². The Balaban J connectivity index is 1.37. The Labute approximate surface area is 163 Å². The number of hydrogen-bond donors (Lipinski definition) is 1. The summed E-state index contributed by atoms with van der Waals surface area (Å²) in [6, 6.07) is 10.8. The zero-order chi connectivity index (χ0) is 18.9. The van der Waals surface area contributed by atoms with Crippen molar-refractivity contribution >= 4 is 11.8 Å². The first kappa shape index (κ1) is 19.9. The molecule has 0 bridgehead atoms. The molecule has 0 saturated carbocycles. The highest BCUT2D eigenvalue weighted by atomic mass is 16.2. The molecule has 1 aromatic carbocycles. The minimum Gasteiger partial charge on any atom is -0.352 e. The van der Waals surface area contributed by atoms with Gasteiger partial charge in [0.25, 0.3) is 0 Å². The first-order valence-electron chi connectivity index (χ1n) is 10.5. The van der Waals surface area contributed by atoms with Gasteiger partial charge in [-0.05, 0) is 44.2 Å². The lowest BCUT2D eigenvalue weighted by molar-refractivity contribution is -0.131. The summed E-state index contributed by atoms with van der Waals surface area (Å²) in [5.74, 6) is 0.298. The van der Waals surface area contributed by atoms with E-state index < -0.39 is 0 Å². The van der Waals surface area contributed by atoms with E-state index in [0.29, 0.717) is 19.4 Å². The lowest BCUT2D eigenvalue weighted by atomic mass is 10.0. The van der Waals surface area contributed by atoms with Crippen molar-refractivity contribution in [3.05, 3.63) is 35.9 Å². The third-order valence-electron chi connectivity index (χ3n) is 5.71. The Morgan fingerprint density at radius 3 is 2.74 bits per heavy atom. The summed E-state index contributed by atoms with van der Waals surface area (Å²) in [6.07, 6.45) is 7.47. The molecule has 148 valence electrons. The smallest absolute Gasteiger partial charge is 0.222 e. The van der Waals surface area contributed by atoms with Gasteiger partial charge in [0.2, 0.25) is 11.8 Å². The van der Waals surface area contributed by atoms with Gasteiger partial charge < -0.3 is 15.1 Å². The van der Waals surface area contributed by atoms with Gasteiger partial charge in [-0.25, -0.2) is 0 Å². The first-order chi connectivity index (χ1) is 13.2. The molecule has 5 nitrogen and oxygen atoms in total. The molecule has 5 heteroatoms. The molecular formula is C22H33N3O2. The summed E-state index contributed by atoms with van der Waals surface area (Å²) in [4.78, 5) is 28.7. The number of carbonyl (C=O) groups is 2. The van der Waals surface area contributed by atoms with Gasteiger partial charge in [0, 0.05) is 45.1 Å². The number of likely N-dealkylation sites (tertiary alicyclic amines) is 2. The fourth-order valence-corrected chi connectivity index (χ4v) is 4.12. The van der Waals surface area contributed by atoms with Crippen molar-refractivity contribution in [1.29, 1.82) is 0 Å². The van der Waals surface area contributed by atoms with E-state index in [9.17, 15) is 9.59 Å². The number of rotatable bonds is 7. The molecule has 0 spiro atoms. The van der Waals surface area contributed by atoms with E-state index in [-0.39, 0.29) is 17.9 Å². The van der Waals surface area contributed by atoms with Gasteiger partial charge in [-0.1, -0.05) is 36.8 Å². The van der Waals surface area contributed by atoms with Crippen molar-refractivity contribution in [2.24, 2.45) is 0 Å². The van der Waals surface area contributed by atoms with E-state index in [1.807, 2.05) is 4.90 Å². The van der Waals surface area contributed by atoms with Gasteiger partial charge in [0.1, 0.15) is 0 Å². The van der Waals surface area contributed by atoms with Crippen LogP contribution in [-0.2, 0) is 16.0 Å². The second kappa shape index (κ2) is 10.5. The number of piperidine rings is 1. The van der Waals surface area contributed by atoms with Crippen LogP contribution in [0.5, 0.6) is 0 Å². The lowest BCUT2D eigenvalue weighted by Gasteiger charge is -2.33. The topological polar surface area (TPSA) is 52.7 Å². The molecule has 0 aliphatic carbocycles. The summed E-state index contributed by atoms with van der Waals surface area (Å²) in [7, 11) is 0. The van der Waals surface area contributed by atoms with Crippen molar-refractivity contribution in [3.8, 4) is 0 Å². The molecule has 0 unspecified atom stereocenters. The standard InChI is InChI=1S/C22H33N3O2/c26-21(13-17-25-15-6-2-5-11-22(25)27)23-20-10-7-14-24(18-20)16-12-19-8-3-1-4-9-19/h1,3-4,8-9,20H,2,5-7,10-18H2,(H,23,26)/t20-/m1/s1. The van der Waals surface area contributed by atoms with Crippen molar-refractivity contribution in [3.63, 3.8) is 0 Å². The Bertz CT molecular complexity index is 605. The van der Waals surface area contributed by atoms with E-state index in [2.05, 4.69) is 40.5 Å². The first-order valence-corrected chi connectivity index (χ1v) is 10.5. The van der Waals surface area contributed by atoms with Crippen LogP contribution in [0.3, 0.4) is 0 Å². The number of amides is 2. The van der Waals surface area contributed by atoms with Crippen molar-refractivity contribution in [2.75, 3.05) is 32.7 Å². The summed E-state index contributed by atoms with van der Waals surface area (Å²) in [5.41, 5.74) is 1.37. The van der Waals surface area contributed by atoms with E-state index in [1.165, 1.54) is 5.56 Å². The molecule has 2 aliphatic rings. The molecule has 27 heavy (non-hydrogen) atoms. The van der Waals surface area contributed by atoms with E-state index in [0.717, 1.165) is 64.7 Å². The Hall–Kier alpha value is -1.88. The zero-order valence-electron chi connectivity index (χ0n) is 16.4. The Morgan fingerprint density at radius 1 is 1.04 bits per heavy atom. The molecule has 1 N–H and O–H groups in total. The Kier molecular flexibility index (Phi) is 7.69. The van der Waals surface area contributed by atoms with Crippen molar-refractivity contribution < 1.29 is 9.59 Å². The number of carbonyl (C=O) groups excluding carboxylic acids is 2. The second-order valence-corrected chi connectivity index (χ2v) is 7.88. The van der Waals surface area contributed by atoms with Gasteiger partial charge in [0.15, 0.2) is 0 Å². The fraction of sp³-hybridized carbons (Fsp3) is 0.636. The third kappa shape index (κ3) is 6.65. The molecule has 1 aromatic rings. The predicted octanol–water partition coefficient (Wildman–Crippen LogP) is 2.60. The average Bonchev–Trinajstić information content (AvgIpc) is 2.90. The summed E-state index contributed by atoms with van der Waals surface area (Å²) in [5, 5.41) is 3.20. The van der Waals surface area contributed by atoms with Crippen LogP contribution in [0.1, 0.15) is 50.5 Å². The summed E-state index contributed by atoms with van der Waals surface area (Å²) < 4.78 is 0. The lowest BCUT2D eigenvalue weighted by Crippen LogP contribution is -2.48. The molecule has 0 radical (unpaired) electrons. The molecule has 2 saturated heterocycles. The van der Waals surface area contributed by atoms with Crippen LogP contribution >= 0.6 is 0 Å². The number of nitrogens with zero attached hydrogens (tertiary/aromatic N) is 2. The minimum atomic E-state index is 0.0851. The molecule has 2 heterocycles. The van der Waals surface area contributed by atoms with Gasteiger partial charge >= 0.3 is 0 Å². The highest BCUT2D eigenvalue weighted by molar-refractivity contribution is 5.79. The minimum absolute atomic E-state index is 0.0851. The quantitative estimate of drug-likeness (QED) is 0.802. The number of benzene rings is 1. The predicted molar refractivity (Wildman–Crippen MR) is 107 cm³/mol. The normalized spacial score (nSPS) is 21.7. The van der Waals surface area contributed by atoms with Gasteiger partial charge in [-0.2, -0.15) is 0 Å². The van der Waals surface area contributed by atoms with Crippen LogP contribution in [0.2, 0.25) is 0 Å². The molecular weight excluding hydrogens is 338 g/mol. The highest BCUT2D eigenvalue weighted by Gasteiger charge is 2.22. The monoisotopic (exact) mass is 371 g/mol. The molecule has 3 rings (SSSR count). The van der Waals surface area contributed by atoms with Gasteiger partial charge in [0.05, 0.1) is 0 Å². The molecule has 2 fully saturated rings. The molecule has 2 amide bonds. The highest BCUT2D eigenvalue weighted by Crippen LogP contribution is 2.13. The van der Waals surface area contributed by atoms with Gasteiger partial charge in [-0.3, -0.25) is 9.59 Å². The average molecular weight is 372 g/mol. The van der Waals surface area contributed by atoms with Crippen molar-refractivity contribution in [2.45, 2.75) is 57.4 Å². The van der Waals surface area contributed by atoms with Crippen LogP contribution in [-0.4, -0.2) is 60.4 Å². The maximum atomic E-state index is 12.4. The second-order valence-electron chi connectivity index (χ2n) is 7.88. The van der Waals surface area contributed by atoms with Gasteiger partial charge in [-0.15, -0.1) is 0 Å². The third-order valence-corrected chi connectivity index (χ3v) is 5.71. The molecule has 1 atom stereocenters. The molecule has 2 aliphatic heterocycles. The van der Waals surface area contributed by atoms with E-state index in [4.69, 9.17) is 0 Å². The maximum Gasteiger partial charge on any atom is 0.222 e. The van der Waals surface area contributed by atoms with E-state index >= 15 is 0 Å². The maximum absolute atomic E-state index is 12.4. The number of hydrogen-bond acceptors (Lipinski definition) is 3. The number of nitrogens with one attached hydrogen (secondary N) is 1. The zero-order valence-corrected chi connectivity index (χ0v) is 16.4. The summed E-state index contributed by atoms with van der Waals surface area (Å²) >= 11 is 0. The summed E-state index contributed by atoms with van der Waals surface area (Å²) in [6.45, 7) is 4.46. The van der Waals surface area contributed by atoms with E-state index in [1.54, 1.807) is 0 Å². The van der Waals surface area contributed by atoms with Crippen LogP contribution in [0.25, 0.3) is 0 Å². The van der Waals surface area contributed by atoms with Crippen LogP contribution in [0, 0.1) is 0 Å². The fourth-order valence-electron chi connectivity index (χ4n) is 4.12. The van der Waals surface area contributed by atoms with Crippen LogP contribution < -0.4 is 5.32 Å².